The van der Waals surface area contributed by atoms with Crippen LogP contribution in [0.2, 0.25) is 0 Å². The number of hydrogen-bond donors (Lipinski definition) is 3. The van der Waals surface area contributed by atoms with E-state index in [4.69, 9.17) is 14.5 Å². The summed E-state index contributed by atoms with van der Waals surface area (Å²) in [5.74, 6) is 3.42. The SMILES string of the molecule is CCNC(=NCCCc1cc2c(OC)cc(OC)cc2[nH]1)NCCn1cnnc1CC.I. The monoisotopic (exact) mass is 555 g/mol. The number of aromatic nitrogens is 4. The average molecular weight is 555 g/mol. The molecule has 2 aromatic heterocycles. The molecule has 10 heteroatoms. The highest BCUT2D eigenvalue weighted by atomic mass is 127. The zero-order valence-electron chi connectivity index (χ0n) is 19.3. The Balaban J connectivity index is 0.00000363. The predicted octanol–water partition coefficient (Wildman–Crippen LogP) is 3.14. The number of rotatable bonds is 11. The molecule has 0 radical (unpaired) electrons. The van der Waals surface area contributed by atoms with Crippen molar-refractivity contribution in [2.75, 3.05) is 33.9 Å². The highest BCUT2D eigenvalue weighted by Gasteiger charge is 2.09. The summed E-state index contributed by atoms with van der Waals surface area (Å²) in [6, 6.07) is 6.04. The molecule has 0 unspecified atom stereocenters. The molecule has 3 rings (SSSR count). The van der Waals surface area contributed by atoms with Crippen LogP contribution in [0, 0.1) is 0 Å². The van der Waals surface area contributed by atoms with Crippen molar-refractivity contribution in [2.45, 2.75) is 39.7 Å². The van der Waals surface area contributed by atoms with Crippen molar-refractivity contribution in [2.24, 2.45) is 4.99 Å². The molecule has 0 amide bonds. The van der Waals surface area contributed by atoms with Gasteiger partial charge in [-0.25, -0.2) is 0 Å². The second-order valence-electron chi connectivity index (χ2n) is 7.17. The van der Waals surface area contributed by atoms with Gasteiger partial charge in [-0.1, -0.05) is 6.92 Å². The minimum Gasteiger partial charge on any atom is -0.497 e. The third kappa shape index (κ3) is 6.75. The molecule has 0 aliphatic rings. The minimum atomic E-state index is 0. The van der Waals surface area contributed by atoms with Crippen LogP contribution in [0.1, 0.15) is 31.8 Å². The molecule has 9 nitrogen and oxygen atoms in total. The summed E-state index contributed by atoms with van der Waals surface area (Å²) in [5.41, 5.74) is 2.18. The third-order valence-electron chi connectivity index (χ3n) is 5.06. The normalized spacial score (nSPS) is 11.3. The summed E-state index contributed by atoms with van der Waals surface area (Å²) >= 11 is 0. The fourth-order valence-corrected chi connectivity index (χ4v) is 3.49. The van der Waals surface area contributed by atoms with E-state index in [2.05, 4.69) is 50.3 Å². The van der Waals surface area contributed by atoms with Gasteiger partial charge < -0.3 is 29.7 Å². The maximum Gasteiger partial charge on any atom is 0.191 e. The van der Waals surface area contributed by atoms with E-state index >= 15 is 0 Å². The van der Waals surface area contributed by atoms with Crippen molar-refractivity contribution in [3.05, 3.63) is 36.0 Å². The molecule has 0 spiro atoms. The summed E-state index contributed by atoms with van der Waals surface area (Å²) < 4.78 is 12.9. The molecule has 3 N–H and O–H groups in total. The second-order valence-corrected chi connectivity index (χ2v) is 7.17. The summed E-state index contributed by atoms with van der Waals surface area (Å²) in [6.07, 6.45) is 4.49. The predicted molar refractivity (Wildman–Crippen MR) is 139 cm³/mol. The maximum atomic E-state index is 5.50. The van der Waals surface area contributed by atoms with E-state index in [1.54, 1.807) is 20.5 Å². The Bertz CT molecular complexity index is 999. The number of aryl methyl sites for hydroxylation is 2. The van der Waals surface area contributed by atoms with Crippen LogP contribution in [-0.2, 0) is 19.4 Å². The van der Waals surface area contributed by atoms with Crippen molar-refractivity contribution < 1.29 is 9.47 Å². The van der Waals surface area contributed by atoms with Crippen LogP contribution in [0.4, 0.5) is 0 Å². The van der Waals surface area contributed by atoms with Gasteiger partial charge in [0.15, 0.2) is 5.96 Å². The molecule has 0 aliphatic heterocycles. The van der Waals surface area contributed by atoms with Gasteiger partial charge in [0.05, 0.1) is 19.7 Å². The van der Waals surface area contributed by atoms with Crippen LogP contribution in [0.15, 0.2) is 29.5 Å². The highest BCUT2D eigenvalue weighted by Crippen LogP contribution is 2.31. The number of nitrogens with one attached hydrogen (secondary N) is 3. The van der Waals surface area contributed by atoms with Crippen molar-refractivity contribution >= 4 is 40.8 Å². The lowest BCUT2D eigenvalue weighted by atomic mass is 10.2. The number of nitrogens with zero attached hydrogens (tertiary/aromatic N) is 4. The van der Waals surface area contributed by atoms with Crippen LogP contribution >= 0.6 is 24.0 Å². The molecule has 0 saturated carbocycles. The molecule has 0 bridgehead atoms. The van der Waals surface area contributed by atoms with E-state index in [1.165, 1.54) is 0 Å². The number of ether oxygens (including phenoxy) is 2. The van der Waals surface area contributed by atoms with Crippen LogP contribution in [0.5, 0.6) is 11.5 Å². The molecule has 3 aromatic rings. The van der Waals surface area contributed by atoms with Crippen molar-refractivity contribution in [3.8, 4) is 11.5 Å². The quantitative estimate of drug-likeness (QED) is 0.146. The van der Waals surface area contributed by atoms with E-state index in [-0.39, 0.29) is 24.0 Å². The third-order valence-corrected chi connectivity index (χ3v) is 5.06. The Morgan fingerprint density at radius 3 is 2.72 bits per heavy atom. The molecular weight excluding hydrogens is 521 g/mol. The van der Waals surface area contributed by atoms with E-state index in [0.29, 0.717) is 0 Å². The number of aliphatic imine (C=N–C) groups is 1. The van der Waals surface area contributed by atoms with Gasteiger partial charge in [-0.05, 0) is 25.8 Å². The molecule has 32 heavy (non-hydrogen) atoms. The van der Waals surface area contributed by atoms with E-state index in [0.717, 1.165) is 85.3 Å². The number of halogens is 1. The first kappa shape index (κ1) is 25.8. The Morgan fingerprint density at radius 2 is 2.00 bits per heavy atom. The first-order valence-corrected chi connectivity index (χ1v) is 10.8. The number of guanidine groups is 1. The molecule has 2 heterocycles. The first-order chi connectivity index (χ1) is 15.2. The number of fused-ring (bicyclic) bond motifs is 1. The van der Waals surface area contributed by atoms with Gasteiger partial charge >= 0.3 is 0 Å². The van der Waals surface area contributed by atoms with Crippen LogP contribution < -0.4 is 20.1 Å². The number of hydrogen-bond acceptors (Lipinski definition) is 5. The van der Waals surface area contributed by atoms with Crippen LogP contribution in [0.3, 0.4) is 0 Å². The van der Waals surface area contributed by atoms with Gasteiger partial charge in [0.25, 0.3) is 0 Å². The zero-order chi connectivity index (χ0) is 22.1. The second kappa shape index (κ2) is 13.1. The number of methoxy groups -OCH3 is 2. The molecular formula is C22H34IN7O2. The molecule has 0 saturated heterocycles. The maximum absolute atomic E-state index is 5.50. The number of benzene rings is 1. The van der Waals surface area contributed by atoms with Gasteiger partial charge in [0, 0.05) is 55.8 Å². The summed E-state index contributed by atoms with van der Waals surface area (Å²) in [7, 11) is 3.34. The van der Waals surface area contributed by atoms with Crippen molar-refractivity contribution in [3.63, 3.8) is 0 Å². The van der Waals surface area contributed by atoms with Gasteiger partial charge in [0.2, 0.25) is 0 Å². The summed E-state index contributed by atoms with van der Waals surface area (Å²) in [4.78, 5) is 8.16. The Labute approximate surface area is 206 Å². The Hall–Kier alpha value is -2.50. The van der Waals surface area contributed by atoms with E-state index < -0.39 is 0 Å². The Kier molecular flexibility index (Phi) is 10.6. The topological polar surface area (TPSA) is 101 Å². The zero-order valence-corrected chi connectivity index (χ0v) is 21.6. The minimum absolute atomic E-state index is 0. The lowest BCUT2D eigenvalue weighted by Crippen LogP contribution is -2.39. The number of aromatic amines is 1. The largest absolute Gasteiger partial charge is 0.497 e. The molecule has 0 aliphatic carbocycles. The van der Waals surface area contributed by atoms with Crippen molar-refractivity contribution in [1.29, 1.82) is 0 Å². The fourth-order valence-electron chi connectivity index (χ4n) is 3.49. The van der Waals surface area contributed by atoms with Crippen LogP contribution in [0.25, 0.3) is 10.9 Å². The summed E-state index contributed by atoms with van der Waals surface area (Å²) in [5, 5.41) is 15.8. The lowest BCUT2D eigenvalue weighted by molar-refractivity contribution is 0.398. The van der Waals surface area contributed by atoms with Crippen molar-refractivity contribution in [1.82, 2.24) is 30.4 Å². The number of H-pyrrole nitrogens is 1. The fraction of sp³-hybridized carbons (Fsp3) is 0.500. The van der Waals surface area contributed by atoms with Crippen LogP contribution in [-0.4, -0.2) is 59.6 Å². The van der Waals surface area contributed by atoms with Gasteiger partial charge in [0.1, 0.15) is 23.7 Å². The van der Waals surface area contributed by atoms with E-state index in [1.807, 2.05) is 12.1 Å². The smallest absolute Gasteiger partial charge is 0.191 e. The van der Waals surface area contributed by atoms with Gasteiger partial charge in [-0.3, -0.25) is 4.99 Å². The molecule has 1 aromatic carbocycles. The first-order valence-electron chi connectivity index (χ1n) is 10.8. The van der Waals surface area contributed by atoms with Gasteiger partial charge in [-0.15, -0.1) is 34.2 Å². The van der Waals surface area contributed by atoms with Gasteiger partial charge in [-0.2, -0.15) is 0 Å². The van der Waals surface area contributed by atoms with E-state index in [9.17, 15) is 0 Å². The standard InChI is InChI=1S/C22H33N7O2.HI/c1-5-21-28-26-15-29(21)11-10-25-22(23-6-2)24-9-7-8-16-12-18-19(27-16)13-17(30-3)14-20(18)31-4;/h12-15,27H,5-11H2,1-4H3,(H2,23,24,25);1H. The molecule has 0 atom stereocenters. The average Bonchev–Trinajstić information content (AvgIpc) is 3.41. The highest BCUT2D eigenvalue weighted by molar-refractivity contribution is 14.0. The molecule has 176 valence electrons. The molecule has 0 fully saturated rings. The lowest BCUT2D eigenvalue weighted by Gasteiger charge is -2.12. The summed E-state index contributed by atoms with van der Waals surface area (Å²) in [6.45, 7) is 7.28. The Morgan fingerprint density at radius 1 is 1.16 bits per heavy atom.